The zero-order valence-corrected chi connectivity index (χ0v) is 15.1. The molecule has 0 aliphatic heterocycles. The molecule has 0 aliphatic carbocycles. The molecule has 2 N–H and O–H groups in total. The number of thiocarbonyl (C=S) groups is 1. The SMILES string of the molecule is COc1ccccc1/C=C/C(=O)NC(=S)Nc1ccc(Cl)cc1[N+](=O)[O-]. The predicted molar refractivity (Wildman–Crippen MR) is 104 cm³/mol. The highest BCUT2D eigenvalue weighted by Crippen LogP contribution is 2.27. The average Bonchev–Trinajstić information content (AvgIpc) is 2.61. The van der Waals surface area contributed by atoms with Gasteiger partial charge in [-0.2, -0.15) is 0 Å². The number of benzene rings is 2. The molecule has 134 valence electrons. The fourth-order valence-corrected chi connectivity index (χ4v) is 2.42. The lowest BCUT2D eigenvalue weighted by atomic mass is 10.2. The summed E-state index contributed by atoms with van der Waals surface area (Å²) >= 11 is 10.8. The van der Waals surface area contributed by atoms with Crippen molar-refractivity contribution < 1.29 is 14.5 Å². The molecule has 9 heteroatoms. The maximum absolute atomic E-state index is 12.0. The van der Waals surface area contributed by atoms with Gasteiger partial charge in [-0.25, -0.2) is 0 Å². The van der Waals surface area contributed by atoms with E-state index in [1.807, 2.05) is 12.1 Å². The number of nitro groups is 1. The van der Waals surface area contributed by atoms with Crippen LogP contribution in [0.2, 0.25) is 5.02 Å². The fourth-order valence-electron chi connectivity index (χ4n) is 2.04. The Hall–Kier alpha value is -2.97. The molecular weight excluding hydrogens is 378 g/mol. The van der Waals surface area contributed by atoms with Gasteiger partial charge in [-0.1, -0.05) is 29.8 Å². The van der Waals surface area contributed by atoms with Gasteiger partial charge in [0.25, 0.3) is 5.69 Å². The second-order valence-corrected chi connectivity index (χ2v) is 5.78. The van der Waals surface area contributed by atoms with Crippen molar-refractivity contribution in [2.75, 3.05) is 12.4 Å². The topological polar surface area (TPSA) is 93.5 Å². The number of amides is 1. The summed E-state index contributed by atoms with van der Waals surface area (Å²) in [6, 6.07) is 11.3. The molecule has 0 saturated heterocycles. The van der Waals surface area contributed by atoms with E-state index in [0.29, 0.717) is 5.75 Å². The van der Waals surface area contributed by atoms with Gasteiger partial charge in [0.2, 0.25) is 5.91 Å². The Morgan fingerprint density at radius 3 is 2.73 bits per heavy atom. The molecule has 0 spiro atoms. The molecule has 0 heterocycles. The van der Waals surface area contributed by atoms with Crippen LogP contribution in [0, 0.1) is 10.1 Å². The Morgan fingerprint density at radius 1 is 1.31 bits per heavy atom. The monoisotopic (exact) mass is 391 g/mol. The van der Waals surface area contributed by atoms with Crippen LogP contribution in [0.25, 0.3) is 6.08 Å². The van der Waals surface area contributed by atoms with Gasteiger partial charge in [0, 0.05) is 22.7 Å². The standard InChI is InChI=1S/C17H14ClN3O4S/c1-25-15-5-3-2-4-11(15)6-9-16(22)20-17(26)19-13-8-7-12(18)10-14(13)21(23)24/h2-10H,1H3,(H2,19,20,22,26)/b9-6+. The molecule has 0 saturated carbocycles. The van der Waals surface area contributed by atoms with E-state index in [9.17, 15) is 14.9 Å². The highest BCUT2D eigenvalue weighted by atomic mass is 35.5. The number of nitro benzene ring substituents is 1. The summed E-state index contributed by atoms with van der Waals surface area (Å²) < 4.78 is 5.19. The average molecular weight is 392 g/mol. The molecule has 2 rings (SSSR count). The molecule has 0 fully saturated rings. The number of anilines is 1. The summed E-state index contributed by atoms with van der Waals surface area (Å²) in [6.45, 7) is 0. The Labute approximate surface area is 159 Å². The highest BCUT2D eigenvalue weighted by Gasteiger charge is 2.15. The van der Waals surface area contributed by atoms with Gasteiger partial charge in [-0.3, -0.25) is 20.2 Å². The fraction of sp³-hybridized carbons (Fsp3) is 0.0588. The van der Waals surface area contributed by atoms with Crippen LogP contribution in [0.15, 0.2) is 48.5 Å². The maximum atomic E-state index is 12.0. The minimum absolute atomic E-state index is 0.0786. The van der Waals surface area contributed by atoms with Gasteiger partial charge in [0.05, 0.1) is 12.0 Å². The van der Waals surface area contributed by atoms with Crippen molar-refractivity contribution in [2.24, 2.45) is 0 Å². The van der Waals surface area contributed by atoms with Crippen molar-refractivity contribution in [3.63, 3.8) is 0 Å². The van der Waals surface area contributed by atoms with E-state index in [0.717, 1.165) is 5.56 Å². The summed E-state index contributed by atoms with van der Waals surface area (Å²) in [5.41, 5.74) is 0.592. The molecule has 2 aromatic carbocycles. The minimum atomic E-state index is -0.597. The Bertz CT molecular complexity index is 886. The predicted octanol–water partition coefficient (Wildman–Crippen LogP) is 3.78. The van der Waals surface area contributed by atoms with Crippen LogP contribution in [0.1, 0.15) is 5.56 Å². The van der Waals surface area contributed by atoms with Crippen molar-refractivity contribution in [3.8, 4) is 5.75 Å². The lowest BCUT2D eigenvalue weighted by molar-refractivity contribution is -0.383. The molecule has 0 unspecified atom stereocenters. The van der Waals surface area contributed by atoms with Crippen LogP contribution in [-0.2, 0) is 4.79 Å². The summed E-state index contributed by atoms with van der Waals surface area (Å²) in [4.78, 5) is 22.4. The molecule has 0 atom stereocenters. The van der Waals surface area contributed by atoms with E-state index < -0.39 is 10.8 Å². The number of carbonyl (C=O) groups excluding carboxylic acids is 1. The largest absolute Gasteiger partial charge is 0.496 e. The first-order valence-electron chi connectivity index (χ1n) is 7.27. The van der Waals surface area contributed by atoms with Crippen LogP contribution in [0.5, 0.6) is 5.75 Å². The molecule has 7 nitrogen and oxygen atoms in total. The molecule has 0 aliphatic rings. The van der Waals surface area contributed by atoms with Crippen LogP contribution in [-0.4, -0.2) is 23.1 Å². The number of carbonyl (C=O) groups is 1. The summed E-state index contributed by atoms with van der Waals surface area (Å²) in [7, 11) is 1.53. The van der Waals surface area contributed by atoms with Crippen molar-refractivity contribution >= 4 is 52.3 Å². The molecule has 0 bridgehead atoms. The van der Waals surface area contributed by atoms with E-state index in [1.54, 1.807) is 18.2 Å². The molecule has 1 amide bonds. The lowest BCUT2D eigenvalue weighted by Gasteiger charge is -2.09. The van der Waals surface area contributed by atoms with E-state index in [1.165, 1.54) is 31.4 Å². The van der Waals surface area contributed by atoms with Crippen molar-refractivity contribution in [2.45, 2.75) is 0 Å². The quantitative estimate of drug-likeness (QED) is 0.348. The molecule has 0 radical (unpaired) electrons. The van der Waals surface area contributed by atoms with Gasteiger partial charge >= 0.3 is 0 Å². The van der Waals surface area contributed by atoms with E-state index in [4.69, 9.17) is 28.6 Å². The van der Waals surface area contributed by atoms with Gasteiger partial charge in [0.15, 0.2) is 5.11 Å². The van der Waals surface area contributed by atoms with Crippen LogP contribution >= 0.6 is 23.8 Å². The van der Waals surface area contributed by atoms with Crippen molar-refractivity contribution in [1.82, 2.24) is 5.32 Å². The Kier molecular flexibility index (Phi) is 6.65. The van der Waals surface area contributed by atoms with E-state index in [2.05, 4.69) is 10.6 Å². The minimum Gasteiger partial charge on any atom is -0.496 e. The molecular formula is C17H14ClN3O4S. The molecule has 26 heavy (non-hydrogen) atoms. The number of methoxy groups -OCH3 is 1. The number of nitrogens with one attached hydrogen (secondary N) is 2. The number of para-hydroxylation sites is 1. The maximum Gasteiger partial charge on any atom is 0.294 e. The van der Waals surface area contributed by atoms with Crippen LogP contribution in [0.3, 0.4) is 0 Å². The van der Waals surface area contributed by atoms with E-state index >= 15 is 0 Å². The summed E-state index contributed by atoms with van der Waals surface area (Å²) in [5, 5.41) is 16.2. The van der Waals surface area contributed by atoms with Crippen molar-refractivity contribution in [3.05, 3.63) is 69.2 Å². The third kappa shape index (κ3) is 5.27. The Morgan fingerprint density at radius 2 is 2.04 bits per heavy atom. The van der Waals surface area contributed by atoms with Gasteiger partial charge in [0.1, 0.15) is 11.4 Å². The van der Waals surface area contributed by atoms with E-state index in [-0.39, 0.29) is 21.5 Å². The van der Waals surface area contributed by atoms with Gasteiger partial charge in [-0.05, 0) is 36.5 Å². The zero-order chi connectivity index (χ0) is 19.1. The normalized spacial score (nSPS) is 10.4. The number of halogens is 1. The van der Waals surface area contributed by atoms with Gasteiger partial charge < -0.3 is 10.1 Å². The molecule has 0 aromatic heterocycles. The molecule has 2 aromatic rings. The number of nitrogens with zero attached hydrogens (tertiary/aromatic N) is 1. The highest BCUT2D eigenvalue weighted by molar-refractivity contribution is 7.80. The second kappa shape index (κ2) is 8.93. The first kappa shape index (κ1) is 19.4. The second-order valence-electron chi connectivity index (χ2n) is 4.94. The first-order chi connectivity index (χ1) is 12.4. The lowest BCUT2D eigenvalue weighted by Crippen LogP contribution is -2.33. The zero-order valence-electron chi connectivity index (χ0n) is 13.6. The smallest absolute Gasteiger partial charge is 0.294 e. The van der Waals surface area contributed by atoms with Gasteiger partial charge in [-0.15, -0.1) is 0 Å². The number of rotatable bonds is 5. The summed E-state index contributed by atoms with van der Waals surface area (Å²) in [6.07, 6.45) is 2.85. The Balaban J connectivity index is 2.03. The van der Waals surface area contributed by atoms with Crippen LogP contribution in [0.4, 0.5) is 11.4 Å². The van der Waals surface area contributed by atoms with Crippen LogP contribution < -0.4 is 15.4 Å². The third-order valence-electron chi connectivity index (χ3n) is 3.19. The third-order valence-corrected chi connectivity index (χ3v) is 3.63. The number of ether oxygens (including phenoxy) is 1. The first-order valence-corrected chi connectivity index (χ1v) is 8.06. The number of hydrogen-bond donors (Lipinski definition) is 2. The van der Waals surface area contributed by atoms with Crippen molar-refractivity contribution in [1.29, 1.82) is 0 Å². The summed E-state index contributed by atoms with van der Waals surface area (Å²) in [5.74, 6) is 0.124. The number of hydrogen-bond acceptors (Lipinski definition) is 5.